The Hall–Kier alpha value is -4.19. The number of amidine groups is 1. The monoisotopic (exact) mass is 561 g/mol. The van der Waals surface area contributed by atoms with Crippen molar-refractivity contribution in [1.82, 2.24) is 16.2 Å². The van der Waals surface area contributed by atoms with Crippen molar-refractivity contribution in [2.75, 3.05) is 13.1 Å². The predicted molar refractivity (Wildman–Crippen MR) is 152 cm³/mol. The number of nitrogens with zero attached hydrogens (tertiary/aromatic N) is 1. The smallest absolute Gasteiger partial charge is 0.343 e. The number of ether oxygens (including phenoxy) is 1. The van der Waals surface area contributed by atoms with Crippen molar-refractivity contribution in [3.05, 3.63) is 71.3 Å². The molecule has 0 saturated carbocycles. The van der Waals surface area contributed by atoms with Crippen molar-refractivity contribution < 1.29 is 19.1 Å². The summed E-state index contributed by atoms with van der Waals surface area (Å²) in [6.45, 7) is 2.44. The van der Waals surface area contributed by atoms with Gasteiger partial charge in [0, 0.05) is 31.1 Å². The van der Waals surface area contributed by atoms with Crippen molar-refractivity contribution in [2.24, 2.45) is 16.5 Å². The standard InChI is InChI=1S/C25H27N7O4.2ClH/c1-15(33)29-10-11-31-32-14-30-19-6-2-16(3-7-19)25(35)36-22-9-5-17-12-18(24(27)28)4-8-20(17)21(22)13-23(26)34;;/h2-9,12,14,31H,10-11,13H2,1H3,(H2,26,34)(H3,27,28)(H,29,33)(H,30,32);2*1H. The average molecular weight is 562 g/mol. The fraction of sp³-hybridized carbons (Fsp3) is 0.160. The lowest BCUT2D eigenvalue weighted by Gasteiger charge is -2.13. The van der Waals surface area contributed by atoms with Crippen LogP contribution in [0.15, 0.2) is 59.6 Å². The zero-order valence-corrected chi connectivity index (χ0v) is 22.1. The van der Waals surface area contributed by atoms with Crippen molar-refractivity contribution in [3.63, 3.8) is 0 Å². The van der Waals surface area contributed by atoms with Gasteiger partial charge in [0.15, 0.2) is 0 Å². The summed E-state index contributed by atoms with van der Waals surface area (Å²) < 4.78 is 5.61. The van der Waals surface area contributed by atoms with Crippen molar-refractivity contribution >= 4 is 71.2 Å². The van der Waals surface area contributed by atoms with Crippen LogP contribution in [0.5, 0.6) is 5.75 Å². The van der Waals surface area contributed by atoms with E-state index in [4.69, 9.17) is 21.6 Å². The number of halogens is 2. The molecule has 0 fully saturated rings. The third kappa shape index (κ3) is 9.04. The van der Waals surface area contributed by atoms with Gasteiger partial charge in [0.1, 0.15) is 17.9 Å². The SMILES string of the molecule is CC(=O)NCCNNC=Nc1ccc(C(=O)Oc2ccc3cc(C(=N)N)ccc3c2CC(N)=O)cc1.Cl.Cl. The van der Waals surface area contributed by atoms with E-state index in [1.165, 1.54) is 13.3 Å². The zero-order chi connectivity index (χ0) is 26.1. The quantitative estimate of drug-likeness (QED) is 0.0516. The van der Waals surface area contributed by atoms with E-state index >= 15 is 0 Å². The van der Waals surface area contributed by atoms with Crippen LogP contribution in [0.3, 0.4) is 0 Å². The summed E-state index contributed by atoms with van der Waals surface area (Å²) >= 11 is 0. The third-order valence-corrected chi connectivity index (χ3v) is 5.06. The van der Waals surface area contributed by atoms with Gasteiger partial charge in [0.05, 0.1) is 17.7 Å². The summed E-state index contributed by atoms with van der Waals surface area (Å²) in [4.78, 5) is 39.5. The second-order valence-corrected chi connectivity index (χ2v) is 7.78. The van der Waals surface area contributed by atoms with Crippen LogP contribution < -0.4 is 32.4 Å². The fourth-order valence-corrected chi connectivity index (χ4v) is 3.36. The molecule has 0 spiro atoms. The molecule has 0 saturated heterocycles. The Morgan fingerprint density at radius 1 is 0.974 bits per heavy atom. The highest BCUT2D eigenvalue weighted by Crippen LogP contribution is 2.30. The number of hydrogen-bond acceptors (Lipinski definition) is 7. The number of hydrazine groups is 1. The Morgan fingerprint density at radius 2 is 1.66 bits per heavy atom. The summed E-state index contributed by atoms with van der Waals surface area (Å²) in [6, 6.07) is 14.9. The topological polar surface area (TPSA) is 185 Å². The number of nitrogens with one attached hydrogen (secondary N) is 4. The molecule has 3 aromatic carbocycles. The van der Waals surface area contributed by atoms with Crippen molar-refractivity contribution in [1.29, 1.82) is 5.41 Å². The molecule has 8 N–H and O–H groups in total. The van der Waals surface area contributed by atoms with Crippen LogP contribution >= 0.6 is 24.8 Å². The number of amides is 2. The van der Waals surface area contributed by atoms with Gasteiger partial charge in [-0.1, -0.05) is 18.2 Å². The van der Waals surface area contributed by atoms with E-state index in [0.29, 0.717) is 40.9 Å². The average Bonchev–Trinajstić information content (AvgIpc) is 2.84. The number of fused-ring (bicyclic) bond motifs is 1. The molecule has 0 heterocycles. The number of nitrogen functional groups attached to an aromatic ring is 1. The van der Waals surface area contributed by atoms with Crippen LogP contribution in [0.2, 0.25) is 0 Å². The molecule has 202 valence electrons. The molecule has 13 heteroatoms. The highest BCUT2D eigenvalue weighted by molar-refractivity contribution is 6.01. The first-order valence-corrected chi connectivity index (χ1v) is 11.0. The maximum absolute atomic E-state index is 12.8. The lowest BCUT2D eigenvalue weighted by Crippen LogP contribution is -2.37. The lowest BCUT2D eigenvalue weighted by atomic mass is 9.98. The molecule has 11 nitrogen and oxygen atoms in total. The van der Waals surface area contributed by atoms with E-state index in [-0.39, 0.29) is 48.7 Å². The Kier molecular flexibility index (Phi) is 12.7. The molecular weight excluding hydrogens is 533 g/mol. The molecule has 38 heavy (non-hydrogen) atoms. The highest BCUT2D eigenvalue weighted by Gasteiger charge is 2.16. The Bertz CT molecular complexity index is 1330. The van der Waals surface area contributed by atoms with Crippen LogP contribution in [0, 0.1) is 5.41 Å². The molecule has 0 aliphatic carbocycles. The van der Waals surface area contributed by atoms with Gasteiger partial charge in [-0.25, -0.2) is 15.2 Å². The number of carbonyl (C=O) groups excluding carboxylic acids is 3. The van der Waals surface area contributed by atoms with Gasteiger partial charge in [-0.3, -0.25) is 15.0 Å². The molecule has 2 amide bonds. The van der Waals surface area contributed by atoms with Crippen LogP contribution in [-0.2, 0) is 16.0 Å². The molecule has 0 aliphatic rings. The number of esters is 1. The van der Waals surface area contributed by atoms with E-state index in [2.05, 4.69) is 21.2 Å². The second-order valence-electron chi connectivity index (χ2n) is 7.78. The maximum atomic E-state index is 12.8. The first-order valence-electron chi connectivity index (χ1n) is 11.0. The van der Waals surface area contributed by atoms with E-state index in [9.17, 15) is 14.4 Å². The molecule has 0 atom stereocenters. The Balaban J connectivity index is 0.00000361. The van der Waals surface area contributed by atoms with Crippen LogP contribution in [0.1, 0.15) is 28.4 Å². The van der Waals surface area contributed by atoms with Gasteiger partial charge in [-0.2, -0.15) is 0 Å². The predicted octanol–water partition coefficient (Wildman–Crippen LogP) is 2.10. The summed E-state index contributed by atoms with van der Waals surface area (Å²) in [6.07, 6.45) is 1.32. The van der Waals surface area contributed by atoms with Gasteiger partial charge < -0.3 is 26.9 Å². The minimum absolute atomic E-state index is 0. The number of benzene rings is 3. The number of nitrogens with two attached hydrogens (primary N) is 2. The van der Waals surface area contributed by atoms with Gasteiger partial charge in [0.2, 0.25) is 11.8 Å². The van der Waals surface area contributed by atoms with Crippen LogP contribution in [0.25, 0.3) is 10.8 Å². The van der Waals surface area contributed by atoms with Gasteiger partial charge in [0.25, 0.3) is 0 Å². The summed E-state index contributed by atoms with van der Waals surface area (Å²) in [5.74, 6) is -1.13. The van der Waals surface area contributed by atoms with Gasteiger partial charge >= 0.3 is 5.97 Å². The molecule has 0 radical (unpaired) electrons. The van der Waals surface area contributed by atoms with Crippen molar-refractivity contribution in [2.45, 2.75) is 13.3 Å². The zero-order valence-electron chi connectivity index (χ0n) is 20.4. The minimum atomic E-state index is -0.603. The minimum Gasteiger partial charge on any atom is -0.423 e. The first kappa shape index (κ1) is 31.8. The third-order valence-electron chi connectivity index (χ3n) is 5.06. The molecular formula is C25H29Cl2N7O4. The number of hydrogen-bond donors (Lipinski definition) is 6. The van der Waals surface area contributed by atoms with Gasteiger partial charge in [-0.05, 0) is 47.2 Å². The van der Waals surface area contributed by atoms with E-state index in [1.54, 1.807) is 54.6 Å². The second kappa shape index (κ2) is 15.2. The Labute approximate surface area is 231 Å². The molecule has 0 aliphatic heterocycles. The lowest BCUT2D eigenvalue weighted by molar-refractivity contribution is -0.119. The van der Waals surface area contributed by atoms with Crippen LogP contribution in [0.4, 0.5) is 5.69 Å². The maximum Gasteiger partial charge on any atom is 0.343 e. The van der Waals surface area contributed by atoms with E-state index < -0.39 is 11.9 Å². The number of primary amides is 1. The van der Waals surface area contributed by atoms with Gasteiger partial charge in [-0.15, -0.1) is 24.8 Å². The normalized spacial score (nSPS) is 10.2. The van der Waals surface area contributed by atoms with E-state index in [0.717, 1.165) is 5.39 Å². The first-order chi connectivity index (χ1) is 17.2. The van der Waals surface area contributed by atoms with Crippen molar-refractivity contribution in [3.8, 4) is 5.75 Å². The molecule has 0 aromatic heterocycles. The number of rotatable bonds is 11. The Morgan fingerprint density at radius 3 is 2.29 bits per heavy atom. The fourth-order valence-electron chi connectivity index (χ4n) is 3.36. The molecule has 0 unspecified atom stereocenters. The summed E-state index contributed by atoms with van der Waals surface area (Å²) in [5, 5.41) is 11.7. The van der Waals surface area contributed by atoms with Crippen LogP contribution in [-0.4, -0.2) is 43.0 Å². The summed E-state index contributed by atoms with van der Waals surface area (Å²) in [5.41, 5.74) is 18.6. The molecule has 0 bridgehead atoms. The summed E-state index contributed by atoms with van der Waals surface area (Å²) in [7, 11) is 0. The largest absolute Gasteiger partial charge is 0.423 e. The highest BCUT2D eigenvalue weighted by atomic mass is 35.5. The molecule has 3 aromatic rings. The number of aliphatic imine (C=N–C) groups is 1. The molecule has 3 rings (SSSR count). The number of carbonyl (C=O) groups is 3. The van der Waals surface area contributed by atoms with E-state index in [1.807, 2.05) is 0 Å².